The van der Waals surface area contributed by atoms with Crippen molar-refractivity contribution in [1.82, 2.24) is 14.5 Å². The van der Waals surface area contributed by atoms with E-state index in [0.29, 0.717) is 6.04 Å². The maximum Gasteiger partial charge on any atom is 0.120 e. The second-order valence-corrected chi connectivity index (χ2v) is 9.61. The van der Waals surface area contributed by atoms with Gasteiger partial charge in [-0.15, -0.1) is 0 Å². The van der Waals surface area contributed by atoms with Gasteiger partial charge in [-0.2, -0.15) is 0 Å². The topological polar surface area (TPSA) is 33.5 Å². The fourth-order valence-corrected chi connectivity index (χ4v) is 5.64. The van der Waals surface area contributed by atoms with Gasteiger partial charge in [0.05, 0.1) is 12.6 Å². The summed E-state index contributed by atoms with van der Waals surface area (Å²) in [6.07, 6.45) is 12.7. The molecule has 5 rings (SSSR count). The smallest absolute Gasteiger partial charge is 0.120 e. The summed E-state index contributed by atoms with van der Waals surface area (Å²) in [4.78, 5) is 9.53. The second kappa shape index (κ2) is 9.53. The molecule has 2 fully saturated rings. The summed E-state index contributed by atoms with van der Waals surface area (Å²) in [7, 11) is 1.74. The number of piperidine rings is 2. The number of rotatable bonds is 6. The fraction of sp³-hybridized carbons (Fsp3) is 0.519. The Morgan fingerprint density at radius 1 is 1.03 bits per heavy atom. The highest BCUT2D eigenvalue weighted by atomic mass is 16.5. The molecule has 0 radical (unpaired) electrons. The second-order valence-electron chi connectivity index (χ2n) is 9.61. The quantitative estimate of drug-likeness (QED) is 0.529. The van der Waals surface area contributed by atoms with Crippen molar-refractivity contribution in [3.8, 4) is 5.75 Å². The first-order valence-electron chi connectivity index (χ1n) is 12.2. The molecule has 0 spiro atoms. The SMILES string of the molecule is COc1cccc(N2CCC(CCN3CCC(n4cc(C)c5cnccc54)CC3)CC2)c1. The van der Waals surface area contributed by atoms with E-state index in [0.717, 1.165) is 24.8 Å². The van der Waals surface area contributed by atoms with Crippen LogP contribution in [0.2, 0.25) is 0 Å². The van der Waals surface area contributed by atoms with E-state index in [-0.39, 0.29) is 0 Å². The zero-order chi connectivity index (χ0) is 21.9. The van der Waals surface area contributed by atoms with Crippen LogP contribution in [0, 0.1) is 12.8 Å². The van der Waals surface area contributed by atoms with Crippen LogP contribution in [-0.2, 0) is 0 Å². The van der Waals surface area contributed by atoms with E-state index < -0.39 is 0 Å². The van der Waals surface area contributed by atoms with E-state index >= 15 is 0 Å². The van der Waals surface area contributed by atoms with E-state index in [1.807, 2.05) is 18.5 Å². The molecule has 32 heavy (non-hydrogen) atoms. The number of likely N-dealkylation sites (tertiary alicyclic amines) is 1. The van der Waals surface area contributed by atoms with E-state index in [4.69, 9.17) is 4.74 Å². The Morgan fingerprint density at radius 2 is 1.84 bits per heavy atom. The number of methoxy groups -OCH3 is 1. The summed E-state index contributed by atoms with van der Waals surface area (Å²) in [5.41, 5.74) is 3.99. The lowest BCUT2D eigenvalue weighted by Gasteiger charge is -2.36. The molecular formula is C27H36N4O. The minimum atomic E-state index is 0.621. The van der Waals surface area contributed by atoms with Crippen molar-refractivity contribution in [3.05, 3.63) is 54.5 Å². The molecule has 0 N–H and O–H groups in total. The molecule has 0 aliphatic carbocycles. The number of fused-ring (bicyclic) bond motifs is 1. The van der Waals surface area contributed by atoms with Crippen molar-refractivity contribution in [3.63, 3.8) is 0 Å². The molecule has 0 atom stereocenters. The molecule has 4 heterocycles. The zero-order valence-electron chi connectivity index (χ0n) is 19.5. The predicted molar refractivity (Wildman–Crippen MR) is 132 cm³/mol. The Balaban J connectivity index is 1.08. The van der Waals surface area contributed by atoms with Crippen molar-refractivity contribution >= 4 is 16.6 Å². The van der Waals surface area contributed by atoms with Crippen molar-refractivity contribution in [2.75, 3.05) is 44.7 Å². The van der Waals surface area contributed by atoms with Crippen LogP contribution in [0.4, 0.5) is 5.69 Å². The molecule has 170 valence electrons. The van der Waals surface area contributed by atoms with Gasteiger partial charge < -0.3 is 19.1 Å². The van der Waals surface area contributed by atoms with Crippen LogP contribution in [0.1, 0.15) is 43.7 Å². The van der Waals surface area contributed by atoms with Crippen molar-refractivity contribution in [2.45, 2.75) is 45.1 Å². The van der Waals surface area contributed by atoms with Gasteiger partial charge in [-0.05, 0) is 75.3 Å². The first-order valence-corrected chi connectivity index (χ1v) is 12.2. The molecule has 2 saturated heterocycles. The Labute approximate surface area is 192 Å². The standard InChI is InChI=1S/C27H36N4O/c1-21-20-31(27-6-12-28-19-26(21)27)23-10-14-29(15-11-23)13-7-22-8-16-30(17-9-22)24-4-3-5-25(18-24)32-2/h3-6,12,18-20,22-23H,7-11,13-17H2,1-2H3. The van der Waals surface area contributed by atoms with Crippen LogP contribution in [0.15, 0.2) is 48.9 Å². The van der Waals surface area contributed by atoms with Crippen LogP contribution >= 0.6 is 0 Å². The molecule has 5 heteroatoms. The highest BCUT2D eigenvalue weighted by molar-refractivity contribution is 5.82. The number of ether oxygens (including phenoxy) is 1. The van der Waals surface area contributed by atoms with E-state index in [1.165, 1.54) is 73.9 Å². The highest BCUT2D eigenvalue weighted by Crippen LogP contribution is 2.31. The Morgan fingerprint density at radius 3 is 2.62 bits per heavy atom. The molecule has 0 bridgehead atoms. The zero-order valence-corrected chi connectivity index (χ0v) is 19.5. The van der Waals surface area contributed by atoms with Crippen molar-refractivity contribution in [1.29, 1.82) is 0 Å². The third kappa shape index (κ3) is 4.49. The Hall–Kier alpha value is -2.53. The Kier molecular flexibility index (Phi) is 6.35. The minimum Gasteiger partial charge on any atom is -0.497 e. The van der Waals surface area contributed by atoms with E-state index in [1.54, 1.807) is 7.11 Å². The average Bonchev–Trinajstić information content (AvgIpc) is 3.20. The largest absolute Gasteiger partial charge is 0.497 e. The monoisotopic (exact) mass is 432 g/mol. The molecule has 2 aliphatic heterocycles. The molecular weight excluding hydrogens is 396 g/mol. The fourth-order valence-electron chi connectivity index (χ4n) is 5.64. The van der Waals surface area contributed by atoms with Crippen LogP contribution in [0.5, 0.6) is 5.75 Å². The number of aryl methyl sites for hydroxylation is 1. The number of hydrogen-bond acceptors (Lipinski definition) is 4. The minimum absolute atomic E-state index is 0.621. The summed E-state index contributed by atoms with van der Waals surface area (Å²) in [5, 5.41) is 1.30. The first kappa shape index (κ1) is 21.3. The lowest BCUT2D eigenvalue weighted by Crippen LogP contribution is -2.38. The third-order valence-corrected chi connectivity index (χ3v) is 7.67. The number of benzene rings is 1. The molecule has 2 aliphatic rings. The summed E-state index contributed by atoms with van der Waals surface area (Å²) in [5.74, 6) is 1.81. The molecule has 5 nitrogen and oxygen atoms in total. The van der Waals surface area contributed by atoms with Crippen LogP contribution in [-0.4, -0.2) is 54.3 Å². The molecule has 1 aromatic carbocycles. The molecule has 0 amide bonds. The maximum absolute atomic E-state index is 5.39. The first-order chi connectivity index (χ1) is 15.7. The average molecular weight is 433 g/mol. The number of aromatic nitrogens is 2. The van der Waals surface area contributed by atoms with Gasteiger partial charge in [0, 0.05) is 68.0 Å². The number of anilines is 1. The van der Waals surface area contributed by atoms with E-state index in [9.17, 15) is 0 Å². The molecule has 0 unspecified atom stereocenters. The Bertz CT molecular complexity index is 1030. The lowest BCUT2D eigenvalue weighted by molar-refractivity contribution is 0.173. The number of hydrogen-bond donors (Lipinski definition) is 0. The summed E-state index contributed by atoms with van der Waals surface area (Å²) in [6.45, 7) is 8.22. The third-order valence-electron chi connectivity index (χ3n) is 7.67. The van der Waals surface area contributed by atoms with Gasteiger partial charge in [-0.25, -0.2) is 0 Å². The summed E-state index contributed by atoms with van der Waals surface area (Å²) < 4.78 is 7.91. The van der Waals surface area contributed by atoms with E-state index in [2.05, 4.69) is 56.7 Å². The van der Waals surface area contributed by atoms with Crippen LogP contribution in [0.3, 0.4) is 0 Å². The normalized spacial score (nSPS) is 19.0. The van der Waals surface area contributed by atoms with Gasteiger partial charge in [0.1, 0.15) is 5.75 Å². The van der Waals surface area contributed by atoms with Crippen molar-refractivity contribution < 1.29 is 4.74 Å². The highest BCUT2D eigenvalue weighted by Gasteiger charge is 2.24. The molecule has 0 saturated carbocycles. The summed E-state index contributed by atoms with van der Waals surface area (Å²) >= 11 is 0. The molecule has 3 aromatic rings. The van der Waals surface area contributed by atoms with Gasteiger partial charge in [-0.1, -0.05) is 6.07 Å². The van der Waals surface area contributed by atoms with Crippen molar-refractivity contribution in [2.24, 2.45) is 5.92 Å². The van der Waals surface area contributed by atoms with Gasteiger partial charge in [0.25, 0.3) is 0 Å². The molecule has 2 aromatic heterocycles. The lowest BCUT2D eigenvalue weighted by atomic mass is 9.92. The van der Waals surface area contributed by atoms with Gasteiger partial charge in [-0.3, -0.25) is 4.98 Å². The van der Waals surface area contributed by atoms with Gasteiger partial charge >= 0.3 is 0 Å². The van der Waals surface area contributed by atoms with Gasteiger partial charge in [0.15, 0.2) is 0 Å². The maximum atomic E-state index is 5.39. The number of pyridine rings is 1. The van der Waals surface area contributed by atoms with Gasteiger partial charge in [0.2, 0.25) is 0 Å². The summed E-state index contributed by atoms with van der Waals surface area (Å²) in [6, 6.07) is 11.3. The van der Waals surface area contributed by atoms with Crippen LogP contribution in [0.25, 0.3) is 10.9 Å². The number of nitrogens with zero attached hydrogens (tertiary/aromatic N) is 4. The van der Waals surface area contributed by atoms with Crippen LogP contribution < -0.4 is 9.64 Å². The predicted octanol–water partition coefficient (Wildman–Crippen LogP) is 5.30.